The lowest BCUT2D eigenvalue weighted by molar-refractivity contribution is -0.155. The number of carbonyl (C=O) groups excluding carboxylic acids is 1. The molecule has 19 heavy (non-hydrogen) atoms. The summed E-state index contributed by atoms with van der Waals surface area (Å²) in [6.45, 7) is 4.91. The molecule has 2 atom stereocenters. The van der Waals surface area contributed by atoms with Crippen LogP contribution in [0.25, 0.3) is 0 Å². The third-order valence-corrected chi connectivity index (χ3v) is 3.99. The van der Waals surface area contributed by atoms with E-state index in [2.05, 4.69) is 0 Å². The van der Waals surface area contributed by atoms with Gasteiger partial charge in [0.2, 0.25) is 5.91 Å². The lowest BCUT2D eigenvalue weighted by atomic mass is 9.76. The molecule has 1 heterocycles. The third kappa shape index (κ3) is 3.69. The minimum absolute atomic E-state index is 0.0942. The lowest BCUT2D eigenvalue weighted by Crippen LogP contribution is -2.53. The van der Waals surface area contributed by atoms with Crippen molar-refractivity contribution in [2.75, 3.05) is 13.1 Å². The van der Waals surface area contributed by atoms with E-state index in [4.69, 9.17) is 5.73 Å². The van der Waals surface area contributed by atoms with Crippen LogP contribution in [0.4, 0.5) is 0 Å². The number of hydrogen-bond donors (Lipinski definition) is 2. The second kappa shape index (κ2) is 6.89. The van der Waals surface area contributed by atoms with Crippen LogP contribution in [0.3, 0.4) is 0 Å². The largest absolute Gasteiger partial charge is 0.481 e. The van der Waals surface area contributed by atoms with Gasteiger partial charge in [0, 0.05) is 13.1 Å². The van der Waals surface area contributed by atoms with Gasteiger partial charge in [0.05, 0.1) is 11.5 Å². The Morgan fingerprint density at radius 1 is 1.37 bits per heavy atom. The second-order valence-electron chi connectivity index (χ2n) is 5.59. The smallest absolute Gasteiger partial charge is 0.311 e. The molecule has 3 N–H and O–H groups in total. The molecule has 5 nitrogen and oxygen atoms in total. The average molecular weight is 270 g/mol. The molecule has 0 aromatic carbocycles. The molecule has 1 rings (SSSR count). The molecule has 1 fully saturated rings. The van der Waals surface area contributed by atoms with E-state index in [0.29, 0.717) is 32.4 Å². The predicted octanol–water partition coefficient (Wildman–Crippen LogP) is 1.61. The number of carboxylic acids is 1. The summed E-state index contributed by atoms with van der Waals surface area (Å²) in [5.74, 6) is -0.876. The van der Waals surface area contributed by atoms with Crippen LogP contribution in [0.5, 0.6) is 0 Å². The minimum Gasteiger partial charge on any atom is -0.481 e. The van der Waals surface area contributed by atoms with Gasteiger partial charge in [-0.2, -0.15) is 0 Å². The molecule has 0 bridgehead atoms. The maximum Gasteiger partial charge on any atom is 0.311 e. The fourth-order valence-electron chi connectivity index (χ4n) is 2.95. The molecule has 0 aromatic heterocycles. The SMILES string of the molecule is CCC[C@H](N)C(=O)N1CCCC(CCC)(C(=O)O)C1. The summed E-state index contributed by atoms with van der Waals surface area (Å²) in [4.78, 5) is 25.4. The fourth-order valence-corrected chi connectivity index (χ4v) is 2.95. The summed E-state index contributed by atoms with van der Waals surface area (Å²) >= 11 is 0. The molecule has 0 aromatic rings. The standard InChI is InChI=1S/C14H26N2O3/c1-3-6-11(15)12(17)16-9-5-8-14(10-16,7-4-2)13(18)19/h11H,3-10,15H2,1-2H3,(H,18,19)/t11-,14?/m0/s1. The summed E-state index contributed by atoms with van der Waals surface area (Å²) in [5, 5.41) is 9.49. The molecular formula is C14H26N2O3. The molecule has 1 aliphatic rings. The molecule has 1 aliphatic heterocycles. The van der Waals surface area contributed by atoms with E-state index in [1.807, 2.05) is 13.8 Å². The summed E-state index contributed by atoms with van der Waals surface area (Å²) < 4.78 is 0. The van der Waals surface area contributed by atoms with Crippen molar-refractivity contribution in [2.24, 2.45) is 11.1 Å². The molecule has 0 saturated carbocycles. The molecular weight excluding hydrogens is 244 g/mol. The van der Waals surface area contributed by atoms with Crippen LogP contribution in [0.2, 0.25) is 0 Å². The van der Waals surface area contributed by atoms with Crippen molar-refractivity contribution in [1.82, 2.24) is 4.90 Å². The van der Waals surface area contributed by atoms with Crippen molar-refractivity contribution in [3.05, 3.63) is 0 Å². The van der Waals surface area contributed by atoms with Crippen LogP contribution in [0, 0.1) is 5.41 Å². The number of nitrogens with two attached hydrogens (primary N) is 1. The van der Waals surface area contributed by atoms with Gasteiger partial charge in [-0.3, -0.25) is 9.59 Å². The van der Waals surface area contributed by atoms with Gasteiger partial charge in [-0.25, -0.2) is 0 Å². The van der Waals surface area contributed by atoms with E-state index in [-0.39, 0.29) is 5.91 Å². The number of nitrogens with zero attached hydrogens (tertiary/aromatic N) is 1. The van der Waals surface area contributed by atoms with Gasteiger partial charge in [0.1, 0.15) is 0 Å². The first-order valence-electron chi connectivity index (χ1n) is 7.24. The molecule has 1 unspecified atom stereocenters. The van der Waals surface area contributed by atoms with Gasteiger partial charge in [0.15, 0.2) is 0 Å². The normalized spacial score (nSPS) is 25.1. The zero-order valence-electron chi connectivity index (χ0n) is 12.0. The number of carboxylic acid groups (broad SMARTS) is 1. The summed E-state index contributed by atoms with van der Waals surface area (Å²) in [5.41, 5.74) is 5.09. The highest BCUT2D eigenvalue weighted by Crippen LogP contribution is 2.35. The predicted molar refractivity (Wildman–Crippen MR) is 73.7 cm³/mol. The molecule has 1 amide bonds. The topological polar surface area (TPSA) is 83.6 Å². The Hall–Kier alpha value is -1.10. The van der Waals surface area contributed by atoms with Gasteiger partial charge in [-0.05, 0) is 25.7 Å². The van der Waals surface area contributed by atoms with Gasteiger partial charge in [-0.1, -0.05) is 26.7 Å². The van der Waals surface area contributed by atoms with Crippen LogP contribution in [-0.2, 0) is 9.59 Å². The first-order valence-corrected chi connectivity index (χ1v) is 7.24. The van der Waals surface area contributed by atoms with Gasteiger partial charge < -0.3 is 15.7 Å². The Labute approximate surface area is 115 Å². The van der Waals surface area contributed by atoms with E-state index in [0.717, 1.165) is 19.3 Å². The van der Waals surface area contributed by atoms with Crippen LogP contribution < -0.4 is 5.73 Å². The van der Waals surface area contributed by atoms with Gasteiger partial charge >= 0.3 is 5.97 Å². The average Bonchev–Trinajstić information content (AvgIpc) is 2.38. The number of piperidine rings is 1. The quantitative estimate of drug-likeness (QED) is 0.768. The fraction of sp³-hybridized carbons (Fsp3) is 0.857. The third-order valence-electron chi connectivity index (χ3n) is 3.99. The lowest BCUT2D eigenvalue weighted by Gasteiger charge is -2.40. The zero-order valence-corrected chi connectivity index (χ0v) is 12.0. The van der Waals surface area contributed by atoms with Crippen molar-refractivity contribution in [2.45, 2.75) is 58.4 Å². The van der Waals surface area contributed by atoms with E-state index in [9.17, 15) is 14.7 Å². The molecule has 1 saturated heterocycles. The van der Waals surface area contributed by atoms with Crippen molar-refractivity contribution in [3.63, 3.8) is 0 Å². The highest BCUT2D eigenvalue weighted by Gasteiger charge is 2.43. The van der Waals surface area contributed by atoms with E-state index >= 15 is 0 Å². The number of aliphatic carboxylic acids is 1. The number of likely N-dealkylation sites (tertiary alicyclic amines) is 1. The second-order valence-corrected chi connectivity index (χ2v) is 5.59. The monoisotopic (exact) mass is 270 g/mol. The minimum atomic E-state index is -0.782. The highest BCUT2D eigenvalue weighted by atomic mass is 16.4. The number of amides is 1. The molecule has 5 heteroatoms. The molecule has 0 aliphatic carbocycles. The summed E-state index contributed by atoms with van der Waals surface area (Å²) in [7, 11) is 0. The Bertz CT molecular complexity index is 329. The van der Waals surface area contributed by atoms with Crippen LogP contribution in [-0.4, -0.2) is 41.0 Å². The van der Waals surface area contributed by atoms with E-state index in [1.165, 1.54) is 0 Å². The van der Waals surface area contributed by atoms with Crippen molar-refractivity contribution >= 4 is 11.9 Å². The van der Waals surface area contributed by atoms with E-state index in [1.54, 1.807) is 4.90 Å². The number of carbonyl (C=O) groups is 2. The van der Waals surface area contributed by atoms with Gasteiger partial charge in [0.25, 0.3) is 0 Å². The first kappa shape index (κ1) is 16.0. The first-order chi connectivity index (χ1) is 8.96. The van der Waals surface area contributed by atoms with Crippen molar-refractivity contribution < 1.29 is 14.7 Å². The Kier molecular flexibility index (Phi) is 5.79. The number of rotatable bonds is 6. The highest BCUT2D eigenvalue weighted by molar-refractivity contribution is 5.83. The summed E-state index contributed by atoms with van der Waals surface area (Å²) in [6.07, 6.45) is 4.35. The van der Waals surface area contributed by atoms with Crippen LogP contribution in [0.1, 0.15) is 52.4 Å². The van der Waals surface area contributed by atoms with Gasteiger partial charge in [-0.15, -0.1) is 0 Å². The van der Waals surface area contributed by atoms with Crippen LogP contribution in [0.15, 0.2) is 0 Å². The number of hydrogen-bond acceptors (Lipinski definition) is 3. The zero-order chi connectivity index (χ0) is 14.5. The maximum atomic E-state index is 12.2. The molecule has 0 spiro atoms. The van der Waals surface area contributed by atoms with Crippen LogP contribution >= 0.6 is 0 Å². The molecule has 0 radical (unpaired) electrons. The molecule has 110 valence electrons. The maximum absolute atomic E-state index is 12.2. The Morgan fingerprint density at radius 3 is 2.58 bits per heavy atom. The Balaban J connectivity index is 2.77. The Morgan fingerprint density at radius 2 is 2.05 bits per heavy atom. The van der Waals surface area contributed by atoms with Crippen molar-refractivity contribution in [1.29, 1.82) is 0 Å². The summed E-state index contributed by atoms with van der Waals surface area (Å²) in [6, 6.07) is -0.490. The van der Waals surface area contributed by atoms with E-state index < -0.39 is 17.4 Å². The van der Waals surface area contributed by atoms with Crippen molar-refractivity contribution in [3.8, 4) is 0 Å².